The zero-order chi connectivity index (χ0) is 22.7. The molecule has 0 amide bonds. The van der Waals surface area contributed by atoms with E-state index < -0.39 is 0 Å². The van der Waals surface area contributed by atoms with E-state index in [-0.39, 0.29) is 5.78 Å². The molecule has 2 N–H and O–H groups in total. The lowest BCUT2D eigenvalue weighted by Crippen LogP contribution is -1.98. The summed E-state index contributed by atoms with van der Waals surface area (Å²) < 4.78 is 16.1. The Balaban J connectivity index is 1.55. The first-order valence-corrected chi connectivity index (χ1v) is 11.5. The Morgan fingerprint density at radius 3 is 2.47 bits per heavy atom. The third-order valence-electron chi connectivity index (χ3n) is 4.94. The average molecular weight is 467 g/mol. The van der Waals surface area contributed by atoms with E-state index >= 15 is 0 Å². The summed E-state index contributed by atoms with van der Waals surface area (Å²) in [5.74, 6) is 1.53. The fourth-order valence-corrected chi connectivity index (χ4v) is 5.08. The van der Waals surface area contributed by atoms with E-state index in [0.29, 0.717) is 34.2 Å². The molecule has 0 aliphatic heterocycles. The minimum atomic E-state index is -0.143. The van der Waals surface area contributed by atoms with Crippen molar-refractivity contribution in [1.82, 2.24) is 4.98 Å². The van der Waals surface area contributed by atoms with Gasteiger partial charge in [0.1, 0.15) is 9.71 Å². The number of pyridine rings is 1. The van der Waals surface area contributed by atoms with E-state index in [9.17, 15) is 4.79 Å². The number of anilines is 1. The fourth-order valence-electron chi connectivity index (χ4n) is 3.37. The summed E-state index contributed by atoms with van der Waals surface area (Å²) in [4.78, 5) is 19.9. The maximum absolute atomic E-state index is 12.8. The van der Waals surface area contributed by atoms with Crippen molar-refractivity contribution in [3.63, 3.8) is 0 Å². The molecular weight excluding hydrogens is 444 g/mol. The lowest BCUT2D eigenvalue weighted by atomic mass is 10.1. The number of hydrogen-bond acceptors (Lipinski definition) is 8. The summed E-state index contributed by atoms with van der Waals surface area (Å²) in [7, 11) is 4.71. The normalized spacial score (nSPS) is 11.2. The zero-order valence-electron chi connectivity index (χ0n) is 17.9. The van der Waals surface area contributed by atoms with Crippen molar-refractivity contribution in [2.24, 2.45) is 0 Å². The largest absolute Gasteiger partial charge is 0.493 e. The minimum absolute atomic E-state index is 0.143. The van der Waals surface area contributed by atoms with Crippen molar-refractivity contribution >= 4 is 44.4 Å². The second-order valence-corrected chi connectivity index (χ2v) is 8.82. The van der Waals surface area contributed by atoms with Crippen LogP contribution in [0.4, 0.5) is 5.69 Å². The van der Waals surface area contributed by atoms with Gasteiger partial charge in [0.2, 0.25) is 5.75 Å². The number of carbonyl (C=O) groups is 1. The van der Waals surface area contributed by atoms with Gasteiger partial charge in [-0.15, -0.1) is 22.7 Å². The molecular formula is C24H22N2O4S2. The lowest BCUT2D eigenvalue weighted by Gasteiger charge is -2.13. The number of fused-ring (bicyclic) bond motifs is 1. The molecule has 0 aliphatic rings. The highest BCUT2D eigenvalue weighted by Crippen LogP contribution is 2.38. The number of ether oxygens (including phenoxy) is 3. The number of nitrogens with zero attached hydrogens (tertiary/aromatic N) is 1. The van der Waals surface area contributed by atoms with Crippen LogP contribution in [0.3, 0.4) is 0 Å². The average Bonchev–Trinajstić information content (AvgIpc) is 3.46. The Labute approximate surface area is 193 Å². The number of benzene rings is 1. The van der Waals surface area contributed by atoms with Crippen LogP contribution in [0.15, 0.2) is 53.9 Å². The number of methoxy groups -OCH3 is 3. The minimum Gasteiger partial charge on any atom is -0.493 e. The molecule has 32 heavy (non-hydrogen) atoms. The molecule has 6 nitrogen and oxygen atoms in total. The van der Waals surface area contributed by atoms with Gasteiger partial charge < -0.3 is 19.9 Å². The highest BCUT2D eigenvalue weighted by atomic mass is 32.1. The Bertz CT molecular complexity index is 1270. The topological polar surface area (TPSA) is 83.7 Å². The molecule has 0 saturated carbocycles. The number of rotatable bonds is 8. The van der Waals surface area contributed by atoms with E-state index in [4.69, 9.17) is 24.9 Å². The van der Waals surface area contributed by atoms with E-state index in [1.54, 1.807) is 44.8 Å². The van der Waals surface area contributed by atoms with E-state index in [2.05, 4.69) is 0 Å². The van der Waals surface area contributed by atoms with Gasteiger partial charge in [0.15, 0.2) is 17.3 Å². The van der Waals surface area contributed by atoms with Gasteiger partial charge in [-0.3, -0.25) is 4.79 Å². The van der Waals surface area contributed by atoms with Gasteiger partial charge in [0.05, 0.1) is 37.6 Å². The summed E-state index contributed by atoms with van der Waals surface area (Å²) in [5, 5.41) is 2.81. The molecule has 0 fully saturated rings. The molecule has 8 heteroatoms. The molecule has 3 aromatic heterocycles. The third kappa shape index (κ3) is 4.19. The van der Waals surface area contributed by atoms with Crippen LogP contribution in [0.5, 0.6) is 17.2 Å². The molecule has 0 aliphatic carbocycles. The number of nitrogen functional groups attached to an aromatic ring is 1. The van der Waals surface area contributed by atoms with E-state index in [1.807, 2.05) is 41.8 Å². The van der Waals surface area contributed by atoms with Crippen LogP contribution in [0.2, 0.25) is 0 Å². The molecule has 1 aromatic carbocycles. The van der Waals surface area contributed by atoms with Gasteiger partial charge in [-0.25, -0.2) is 4.98 Å². The molecule has 0 radical (unpaired) electrons. The first-order valence-electron chi connectivity index (χ1n) is 9.78. The third-order valence-corrected chi connectivity index (χ3v) is 6.96. The Morgan fingerprint density at radius 1 is 1.09 bits per heavy atom. The predicted octanol–water partition coefficient (Wildman–Crippen LogP) is 5.61. The number of nitrogens with two attached hydrogens (primary N) is 1. The van der Waals surface area contributed by atoms with Crippen molar-refractivity contribution in [3.05, 3.63) is 64.4 Å². The fraction of sp³-hybridized carbons (Fsp3) is 0.167. The first-order chi connectivity index (χ1) is 15.5. The van der Waals surface area contributed by atoms with Crippen LogP contribution < -0.4 is 19.9 Å². The van der Waals surface area contributed by atoms with Gasteiger partial charge in [-0.05, 0) is 53.8 Å². The molecule has 0 saturated heterocycles. The smallest absolute Gasteiger partial charge is 0.203 e. The maximum atomic E-state index is 12.8. The Morgan fingerprint density at radius 2 is 1.84 bits per heavy atom. The van der Waals surface area contributed by atoms with Crippen molar-refractivity contribution in [2.45, 2.75) is 6.42 Å². The lowest BCUT2D eigenvalue weighted by molar-refractivity contribution is 0.105. The van der Waals surface area contributed by atoms with E-state index in [1.165, 1.54) is 11.3 Å². The monoisotopic (exact) mass is 466 g/mol. The Kier molecular flexibility index (Phi) is 6.43. The van der Waals surface area contributed by atoms with Gasteiger partial charge >= 0.3 is 0 Å². The number of ketones is 1. The molecule has 0 unspecified atom stereocenters. The molecule has 3 heterocycles. The SMILES string of the molecule is COc1cc(C/C=C/C(=O)c2sc3nc(-c4cccs4)ccc3c2N)cc(OC)c1OC. The van der Waals surface area contributed by atoms with Crippen molar-refractivity contribution in [1.29, 1.82) is 0 Å². The molecule has 4 aromatic rings. The predicted molar refractivity (Wildman–Crippen MR) is 131 cm³/mol. The van der Waals surface area contributed by atoms with Crippen LogP contribution in [0.25, 0.3) is 20.8 Å². The molecule has 0 atom stereocenters. The van der Waals surface area contributed by atoms with Crippen LogP contribution in [0, 0.1) is 0 Å². The van der Waals surface area contributed by atoms with Crippen molar-refractivity contribution in [2.75, 3.05) is 27.1 Å². The molecule has 4 rings (SSSR count). The number of carbonyl (C=O) groups excluding carboxylic acids is 1. The number of aromatic nitrogens is 1. The standard InChI is InChI=1S/C24H22N2O4S2/c1-28-18-12-14(13-19(29-2)22(18)30-3)6-4-7-17(27)23-21(25)15-9-10-16(26-24(15)32-23)20-8-5-11-31-20/h4-5,7-13H,6,25H2,1-3H3/b7-4+. The van der Waals surface area contributed by atoms with Crippen LogP contribution in [-0.2, 0) is 6.42 Å². The quantitative estimate of drug-likeness (QED) is 0.268. The number of thiophene rings is 2. The first kappa shape index (κ1) is 21.9. The van der Waals surface area contributed by atoms with Crippen LogP contribution in [0.1, 0.15) is 15.2 Å². The van der Waals surface area contributed by atoms with Gasteiger partial charge in [0.25, 0.3) is 0 Å². The Hall–Kier alpha value is -3.36. The summed E-state index contributed by atoms with van der Waals surface area (Å²) in [6.07, 6.45) is 3.87. The zero-order valence-corrected chi connectivity index (χ0v) is 19.5. The summed E-state index contributed by atoms with van der Waals surface area (Å²) >= 11 is 2.94. The second kappa shape index (κ2) is 9.42. The van der Waals surface area contributed by atoms with Gasteiger partial charge in [0, 0.05) is 5.39 Å². The molecule has 164 valence electrons. The summed E-state index contributed by atoms with van der Waals surface area (Å²) in [6, 6.07) is 11.6. The van der Waals surface area contributed by atoms with Gasteiger partial charge in [-0.2, -0.15) is 0 Å². The second-order valence-electron chi connectivity index (χ2n) is 6.88. The van der Waals surface area contributed by atoms with Gasteiger partial charge in [-0.1, -0.05) is 12.1 Å². The van der Waals surface area contributed by atoms with E-state index in [0.717, 1.165) is 26.4 Å². The van der Waals surface area contributed by atoms with Crippen molar-refractivity contribution < 1.29 is 19.0 Å². The highest BCUT2D eigenvalue weighted by Gasteiger charge is 2.17. The van der Waals surface area contributed by atoms with Crippen LogP contribution in [-0.4, -0.2) is 32.1 Å². The maximum Gasteiger partial charge on any atom is 0.203 e. The number of hydrogen-bond donors (Lipinski definition) is 1. The molecule has 0 spiro atoms. The molecule has 0 bridgehead atoms. The highest BCUT2D eigenvalue weighted by molar-refractivity contribution is 7.21. The summed E-state index contributed by atoms with van der Waals surface area (Å²) in [6.45, 7) is 0. The van der Waals surface area contributed by atoms with Crippen molar-refractivity contribution in [3.8, 4) is 27.8 Å². The number of allylic oxidation sites excluding steroid dienone is 2. The summed E-state index contributed by atoms with van der Waals surface area (Å²) in [5.41, 5.74) is 8.55. The van der Waals surface area contributed by atoms with Crippen LogP contribution >= 0.6 is 22.7 Å².